The number of nitrogens with zero attached hydrogens (tertiary/aromatic N) is 1. The fourth-order valence-electron chi connectivity index (χ4n) is 2.82. The second-order valence-electron chi connectivity index (χ2n) is 7.68. The van der Waals surface area contributed by atoms with Crippen LogP contribution >= 0.6 is 11.3 Å². The molecule has 3 N–H and O–H groups in total. The number of anilines is 1. The highest BCUT2D eigenvalue weighted by Crippen LogP contribution is 2.30. The van der Waals surface area contributed by atoms with Crippen molar-refractivity contribution < 1.29 is 4.79 Å². The molecule has 1 atom stereocenters. The molecule has 1 aromatic heterocycles. The van der Waals surface area contributed by atoms with Gasteiger partial charge in [0.25, 0.3) is 0 Å². The van der Waals surface area contributed by atoms with Crippen LogP contribution in [0.3, 0.4) is 0 Å². The van der Waals surface area contributed by atoms with E-state index in [1.807, 2.05) is 29.6 Å². The van der Waals surface area contributed by atoms with Crippen LogP contribution in [0.4, 0.5) is 5.69 Å². The maximum atomic E-state index is 11.1. The lowest BCUT2D eigenvalue weighted by atomic mass is 9.86. The van der Waals surface area contributed by atoms with Crippen molar-refractivity contribution in [2.24, 2.45) is 5.73 Å². The van der Waals surface area contributed by atoms with Crippen LogP contribution in [0.15, 0.2) is 53.9 Å². The smallest absolute Gasteiger partial charge is 0.221 e. The number of hydrogen-bond donors (Lipinski definition) is 2. The molecule has 27 heavy (non-hydrogen) atoms. The van der Waals surface area contributed by atoms with E-state index in [0.717, 1.165) is 27.5 Å². The maximum absolute atomic E-state index is 11.1. The molecule has 0 spiro atoms. The minimum Gasteiger partial charge on any atom is -0.326 e. The zero-order valence-corrected chi connectivity index (χ0v) is 16.9. The highest BCUT2D eigenvalue weighted by Gasteiger charge is 2.17. The van der Waals surface area contributed by atoms with Gasteiger partial charge in [0.05, 0.1) is 11.7 Å². The highest BCUT2D eigenvalue weighted by atomic mass is 32.1. The van der Waals surface area contributed by atoms with Crippen molar-refractivity contribution in [2.75, 3.05) is 5.32 Å². The third-order valence-corrected chi connectivity index (χ3v) is 5.35. The summed E-state index contributed by atoms with van der Waals surface area (Å²) in [6.07, 6.45) is 0. The van der Waals surface area contributed by atoms with Gasteiger partial charge >= 0.3 is 0 Å². The Morgan fingerprint density at radius 3 is 2.26 bits per heavy atom. The van der Waals surface area contributed by atoms with Crippen LogP contribution in [-0.2, 0) is 10.2 Å². The van der Waals surface area contributed by atoms with Gasteiger partial charge in [0.1, 0.15) is 5.01 Å². The average Bonchev–Trinajstić information content (AvgIpc) is 3.11. The number of hydrogen-bond acceptors (Lipinski definition) is 4. The normalized spacial score (nSPS) is 12.6. The number of amides is 1. The molecule has 0 aliphatic rings. The molecule has 4 nitrogen and oxygen atoms in total. The second kappa shape index (κ2) is 7.62. The fraction of sp³-hybridized carbons (Fsp3) is 0.273. The lowest BCUT2D eigenvalue weighted by Gasteiger charge is -2.20. The predicted molar refractivity (Wildman–Crippen MR) is 113 cm³/mol. The van der Waals surface area contributed by atoms with Crippen molar-refractivity contribution in [3.63, 3.8) is 0 Å². The lowest BCUT2D eigenvalue weighted by molar-refractivity contribution is -0.114. The number of aromatic nitrogens is 1. The third-order valence-electron chi connectivity index (χ3n) is 4.42. The van der Waals surface area contributed by atoms with Crippen molar-refractivity contribution >= 4 is 22.9 Å². The Morgan fingerprint density at radius 1 is 1.07 bits per heavy atom. The van der Waals surface area contributed by atoms with Gasteiger partial charge in [-0.05, 0) is 28.7 Å². The molecule has 0 fully saturated rings. The summed E-state index contributed by atoms with van der Waals surface area (Å²) in [4.78, 5) is 15.8. The molecule has 140 valence electrons. The van der Waals surface area contributed by atoms with Crippen LogP contribution in [0.2, 0.25) is 0 Å². The molecule has 3 rings (SSSR count). The molecule has 1 heterocycles. The van der Waals surface area contributed by atoms with Gasteiger partial charge in [0, 0.05) is 23.6 Å². The largest absolute Gasteiger partial charge is 0.326 e. The van der Waals surface area contributed by atoms with Crippen molar-refractivity contribution in [1.29, 1.82) is 0 Å². The van der Waals surface area contributed by atoms with Crippen molar-refractivity contribution in [1.82, 2.24) is 4.98 Å². The predicted octanol–water partition coefficient (Wildman–Crippen LogP) is 5.11. The quantitative estimate of drug-likeness (QED) is 0.661. The zero-order chi connectivity index (χ0) is 19.6. The minimum absolute atomic E-state index is 0.0813. The van der Waals surface area contributed by atoms with E-state index >= 15 is 0 Å². The third kappa shape index (κ3) is 4.62. The van der Waals surface area contributed by atoms with Crippen molar-refractivity contribution in [3.05, 3.63) is 70.0 Å². The van der Waals surface area contributed by atoms with Gasteiger partial charge in [-0.2, -0.15) is 0 Å². The summed E-state index contributed by atoms with van der Waals surface area (Å²) in [6.45, 7) is 8.10. The van der Waals surface area contributed by atoms with E-state index in [1.165, 1.54) is 12.5 Å². The molecular formula is C22H25N3OS. The first-order valence-corrected chi connectivity index (χ1v) is 9.81. The van der Waals surface area contributed by atoms with Gasteiger partial charge in [-0.25, -0.2) is 4.98 Å². The summed E-state index contributed by atoms with van der Waals surface area (Å²) in [5.74, 6) is -0.0813. The van der Waals surface area contributed by atoms with Crippen molar-refractivity contribution in [3.8, 4) is 11.3 Å². The standard InChI is InChI=1S/C22H25N3OS/c1-14(26)24-18-11-7-15(8-12-18)19-13-27-21(25-19)20(23)16-5-9-17(10-6-16)22(2,3)4/h5-13,20H,23H2,1-4H3,(H,24,26). The SMILES string of the molecule is CC(=O)Nc1ccc(-c2csc(C(N)c3ccc(C(C)(C)C)cc3)n2)cc1. The number of thiazole rings is 1. The molecule has 0 saturated carbocycles. The number of nitrogens with two attached hydrogens (primary N) is 1. The van der Waals surface area contributed by atoms with Crippen LogP contribution in [0.5, 0.6) is 0 Å². The van der Waals surface area contributed by atoms with E-state index < -0.39 is 0 Å². The monoisotopic (exact) mass is 379 g/mol. The topological polar surface area (TPSA) is 68.0 Å². The average molecular weight is 380 g/mol. The molecule has 2 aromatic carbocycles. The molecular weight excluding hydrogens is 354 g/mol. The first kappa shape index (κ1) is 19.3. The Kier molecular flexibility index (Phi) is 5.44. The molecule has 3 aromatic rings. The Labute approximate surface area is 164 Å². The van der Waals surface area contributed by atoms with Gasteiger partial charge in [0.15, 0.2) is 0 Å². The van der Waals surface area contributed by atoms with Gasteiger partial charge < -0.3 is 11.1 Å². The summed E-state index contributed by atoms with van der Waals surface area (Å²) in [6, 6.07) is 15.9. The molecule has 0 saturated heterocycles. The summed E-state index contributed by atoms with van der Waals surface area (Å²) in [7, 11) is 0. The summed E-state index contributed by atoms with van der Waals surface area (Å²) >= 11 is 1.57. The number of rotatable bonds is 4. The Morgan fingerprint density at radius 2 is 1.70 bits per heavy atom. The molecule has 1 unspecified atom stereocenters. The highest BCUT2D eigenvalue weighted by molar-refractivity contribution is 7.10. The van der Waals surface area contributed by atoms with Crippen LogP contribution < -0.4 is 11.1 Å². The van der Waals surface area contributed by atoms with Crippen LogP contribution in [0.25, 0.3) is 11.3 Å². The summed E-state index contributed by atoms with van der Waals surface area (Å²) in [5, 5.41) is 5.68. The Hall–Kier alpha value is -2.50. The van der Waals surface area contributed by atoms with Crippen LogP contribution in [0, 0.1) is 0 Å². The van der Waals surface area contributed by atoms with Gasteiger partial charge in [-0.15, -0.1) is 11.3 Å². The second-order valence-corrected chi connectivity index (χ2v) is 8.57. The molecule has 5 heteroatoms. The van der Waals surface area contributed by atoms with Gasteiger partial charge in [0.2, 0.25) is 5.91 Å². The number of carbonyl (C=O) groups excluding carboxylic acids is 1. The Balaban J connectivity index is 1.77. The van der Waals surface area contributed by atoms with E-state index in [4.69, 9.17) is 10.7 Å². The van der Waals surface area contributed by atoms with Crippen molar-refractivity contribution in [2.45, 2.75) is 39.2 Å². The number of benzene rings is 2. The first-order chi connectivity index (χ1) is 12.7. The first-order valence-electron chi connectivity index (χ1n) is 8.93. The lowest BCUT2D eigenvalue weighted by Crippen LogP contribution is -2.14. The maximum Gasteiger partial charge on any atom is 0.221 e. The van der Waals surface area contributed by atoms with Gasteiger partial charge in [-0.1, -0.05) is 57.2 Å². The summed E-state index contributed by atoms with van der Waals surface area (Å²) < 4.78 is 0. The minimum atomic E-state index is -0.239. The fourth-order valence-corrected chi connectivity index (χ4v) is 3.68. The number of nitrogens with one attached hydrogen (secondary N) is 1. The van der Waals surface area contributed by atoms with E-state index in [-0.39, 0.29) is 17.4 Å². The Bertz CT molecular complexity index is 921. The summed E-state index contributed by atoms with van der Waals surface area (Å²) in [5.41, 5.74) is 11.6. The molecule has 0 radical (unpaired) electrons. The van der Waals surface area contributed by atoms with E-state index in [2.05, 4.69) is 50.4 Å². The van der Waals surface area contributed by atoms with E-state index in [9.17, 15) is 4.79 Å². The van der Waals surface area contributed by atoms with Crippen LogP contribution in [-0.4, -0.2) is 10.9 Å². The molecule has 1 amide bonds. The number of carbonyl (C=O) groups is 1. The molecule has 0 aliphatic heterocycles. The molecule has 0 bridgehead atoms. The van der Waals surface area contributed by atoms with Crippen LogP contribution in [0.1, 0.15) is 49.9 Å². The van der Waals surface area contributed by atoms with E-state index in [1.54, 1.807) is 11.3 Å². The molecule has 0 aliphatic carbocycles. The van der Waals surface area contributed by atoms with Gasteiger partial charge in [-0.3, -0.25) is 4.79 Å². The zero-order valence-electron chi connectivity index (χ0n) is 16.1. The van der Waals surface area contributed by atoms with E-state index in [0.29, 0.717) is 0 Å².